The van der Waals surface area contributed by atoms with Gasteiger partial charge in [-0.15, -0.1) is 0 Å². The Hall–Kier alpha value is -2.19. The predicted octanol–water partition coefficient (Wildman–Crippen LogP) is 2.76. The highest BCUT2D eigenvalue weighted by Crippen LogP contribution is 2.22. The van der Waals surface area contributed by atoms with E-state index >= 15 is 0 Å². The Morgan fingerprint density at radius 2 is 1.56 bits per heavy atom. The summed E-state index contributed by atoms with van der Waals surface area (Å²) < 4.78 is 0.993. The molecule has 0 radical (unpaired) electrons. The number of hydrogen-bond acceptors (Lipinski definition) is 4. The Balaban J connectivity index is 0.000000387. The minimum absolute atomic E-state index is 0.0336. The van der Waals surface area contributed by atoms with Crippen molar-refractivity contribution < 1.29 is 24.6 Å². The number of halogens is 1. The number of carboxylic acid groups (broad SMARTS) is 2. The van der Waals surface area contributed by atoms with E-state index < -0.39 is 11.9 Å². The first-order valence-electron chi connectivity index (χ1n) is 8.57. The van der Waals surface area contributed by atoms with Crippen molar-refractivity contribution in [3.63, 3.8) is 0 Å². The van der Waals surface area contributed by atoms with Gasteiger partial charge in [-0.3, -0.25) is 4.79 Å². The zero-order chi connectivity index (χ0) is 20.4. The van der Waals surface area contributed by atoms with Crippen LogP contribution in [0.1, 0.15) is 36.0 Å². The second-order valence-corrected chi connectivity index (χ2v) is 7.33. The number of carbonyl (C=O) groups excluding carboxylic acids is 1. The van der Waals surface area contributed by atoms with E-state index in [0.29, 0.717) is 18.2 Å². The van der Waals surface area contributed by atoms with Crippen LogP contribution in [0, 0.1) is 0 Å². The lowest BCUT2D eigenvalue weighted by Crippen LogP contribution is -2.51. The first kappa shape index (κ1) is 22.9. The molecule has 1 fully saturated rings. The van der Waals surface area contributed by atoms with Crippen molar-refractivity contribution in [3.05, 3.63) is 46.5 Å². The van der Waals surface area contributed by atoms with Gasteiger partial charge in [-0.25, -0.2) is 9.59 Å². The van der Waals surface area contributed by atoms with Crippen LogP contribution in [0.3, 0.4) is 0 Å². The van der Waals surface area contributed by atoms with E-state index in [9.17, 15) is 14.4 Å². The van der Waals surface area contributed by atoms with Crippen LogP contribution < -0.4 is 5.32 Å². The number of likely N-dealkylation sites (N-methyl/N-ethyl adjacent to an activating group) is 1. The summed E-state index contributed by atoms with van der Waals surface area (Å²) in [6.07, 6.45) is 5.82. The largest absolute Gasteiger partial charge is 0.478 e. The number of carboxylic acids is 2. The summed E-state index contributed by atoms with van der Waals surface area (Å²) in [6, 6.07) is 8.23. The van der Waals surface area contributed by atoms with E-state index in [1.807, 2.05) is 24.3 Å². The second-order valence-electron chi connectivity index (χ2n) is 6.41. The molecule has 2 atom stereocenters. The first-order valence-corrected chi connectivity index (χ1v) is 9.36. The number of carbonyl (C=O) groups is 3. The highest BCUT2D eigenvalue weighted by atomic mass is 79.9. The van der Waals surface area contributed by atoms with E-state index in [0.717, 1.165) is 22.9 Å². The zero-order valence-electron chi connectivity index (χ0n) is 15.4. The van der Waals surface area contributed by atoms with E-state index in [2.05, 4.69) is 40.2 Å². The normalized spacial score (nSPS) is 19.3. The molecule has 7 nitrogen and oxygen atoms in total. The van der Waals surface area contributed by atoms with Crippen LogP contribution in [0.5, 0.6) is 0 Å². The molecule has 2 rings (SSSR count). The van der Waals surface area contributed by atoms with Gasteiger partial charge in [0, 0.05) is 34.3 Å². The Bertz CT molecular complexity index is 657. The topological polar surface area (TPSA) is 107 Å². The SMILES string of the molecule is CN(C)[C@H]1CCCC[C@@H]1NC(=O)c1ccc(Br)cc1.O=C(O)/C=C\C(=O)O. The molecule has 1 aromatic carbocycles. The highest BCUT2D eigenvalue weighted by molar-refractivity contribution is 9.10. The van der Waals surface area contributed by atoms with Gasteiger partial charge in [0.05, 0.1) is 0 Å². The average molecular weight is 441 g/mol. The van der Waals surface area contributed by atoms with Gasteiger partial charge in [-0.2, -0.15) is 0 Å². The number of rotatable bonds is 5. The van der Waals surface area contributed by atoms with Crippen molar-refractivity contribution in [2.24, 2.45) is 0 Å². The van der Waals surface area contributed by atoms with Crippen molar-refractivity contribution in [2.45, 2.75) is 37.8 Å². The van der Waals surface area contributed by atoms with E-state index in [1.54, 1.807) is 0 Å². The molecule has 27 heavy (non-hydrogen) atoms. The fourth-order valence-corrected chi connectivity index (χ4v) is 3.16. The van der Waals surface area contributed by atoms with Gasteiger partial charge >= 0.3 is 11.9 Å². The molecule has 0 aliphatic heterocycles. The van der Waals surface area contributed by atoms with Crippen molar-refractivity contribution in [1.82, 2.24) is 10.2 Å². The minimum Gasteiger partial charge on any atom is -0.478 e. The number of nitrogens with zero attached hydrogens (tertiary/aromatic N) is 1. The number of benzene rings is 1. The van der Waals surface area contributed by atoms with Crippen LogP contribution in [-0.4, -0.2) is 59.1 Å². The zero-order valence-corrected chi connectivity index (χ0v) is 17.0. The van der Waals surface area contributed by atoms with Gasteiger partial charge in [0.1, 0.15) is 0 Å². The number of amides is 1. The molecule has 0 unspecified atom stereocenters. The standard InChI is InChI=1S/C15H21BrN2O.C4H4O4/c1-18(2)14-6-4-3-5-13(14)17-15(19)11-7-9-12(16)10-8-11;5-3(6)1-2-4(7)8/h7-10,13-14H,3-6H2,1-2H3,(H,17,19);1-2H,(H,5,6)(H,7,8)/b;2-1-/t13-,14-;/m0./s1. The molecule has 0 spiro atoms. The highest BCUT2D eigenvalue weighted by Gasteiger charge is 2.28. The van der Waals surface area contributed by atoms with Gasteiger partial charge in [-0.1, -0.05) is 28.8 Å². The summed E-state index contributed by atoms with van der Waals surface area (Å²) in [4.78, 5) is 33.6. The summed E-state index contributed by atoms with van der Waals surface area (Å²) in [7, 11) is 4.18. The molecule has 0 aromatic heterocycles. The summed E-state index contributed by atoms with van der Waals surface area (Å²) in [6.45, 7) is 0. The van der Waals surface area contributed by atoms with E-state index in [4.69, 9.17) is 10.2 Å². The molecule has 0 saturated heterocycles. The average Bonchev–Trinajstić information content (AvgIpc) is 2.61. The van der Waals surface area contributed by atoms with Gasteiger partial charge in [-0.05, 0) is 51.2 Å². The van der Waals surface area contributed by atoms with Crippen LogP contribution in [-0.2, 0) is 9.59 Å². The summed E-state index contributed by atoms with van der Waals surface area (Å²) in [5, 5.41) is 18.8. The van der Waals surface area contributed by atoms with Crippen molar-refractivity contribution >= 4 is 33.8 Å². The Morgan fingerprint density at radius 1 is 1.04 bits per heavy atom. The third-order valence-corrected chi connectivity index (χ3v) is 4.71. The van der Waals surface area contributed by atoms with E-state index in [-0.39, 0.29) is 11.9 Å². The van der Waals surface area contributed by atoms with Crippen LogP contribution >= 0.6 is 15.9 Å². The molecule has 0 heterocycles. The quantitative estimate of drug-likeness (QED) is 0.607. The fourth-order valence-electron chi connectivity index (χ4n) is 2.89. The van der Waals surface area contributed by atoms with Crippen molar-refractivity contribution in [2.75, 3.05) is 14.1 Å². The Kier molecular flexibility index (Phi) is 9.74. The molecule has 1 saturated carbocycles. The van der Waals surface area contributed by atoms with Gasteiger partial charge in [0.15, 0.2) is 0 Å². The molecular weight excluding hydrogens is 416 g/mol. The molecule has 1 aliphatic rings. The third-order valence-electron chi connectivity index (χ3n) is 4.18. The number of aliphatic carboxylic acids is 2. The van der Waals surface area contributed by atoms with Crippen LogP contribution in [0.25, 0.3) is 0 Å². The summed E-state index contributed by atoms with van der Waals surface area (Å²) in [5.41, 5.74) is 0.728. The Labute approximate surface area is 167 Å². The van der Waals surface area contributed by atoms with Crippen LogP contribution in [0.15, 0.2) is 40.9 Å². The first-order chi connectivity index (χ1) is 12.7. The maximum atomic E-state index is 12.2. The second kappa shape index (κ2) is 11.5. The molecule has 8 heteroatoms. The van der Waals surface area contributed by atoms with Crippen molar-refractivity contribution in [1.29, 1.82) is 0 Å². The lowest BCUT2D eigenvalue weighted by molar-refractivity contribution is -0.134. The van der Waals surface area contributed by atoms with E-state index in [1.165, 1.54) is 12.8 Å². The summed E-state index contributed by atoms with van der Waals surface area (Å²) >= 11 is 3.38. The lowest BCUT2D eigenvalue weighted by Gasteiger charge is -2.36. The number of nitrogens with one attached hydrogen (secondary N) is 1. The molecule has 148 valence electrons. The Morgan fingerprint density at radius 3 is 2.04 bits per heavy atom. The minimum atomic E-state index is -1.26. The smallest absolute Gasteiger partial charge is 0.328 e. The molecule has 1 aromatic rings. The lowest BCUT2D eigenvalue weighted by atomic mass is 9.89. The third kappa shape index (κ3) is 8.83. The fraction of sp³-hybridized carbons (Fsp3) is 0.421. The molecule has 0 bridgehead atoms. The molecule has 3 N–H and O–H groups in total. The molecule has 1 amide bonds. The maximum absolute atomic E-state index is 12.2. The molecular formula is C19H25BrN2O5. The van der Waals surface area contributed by atoms with Crippen LogP contribution in [0.4, 0.5) is 0 Å². The van der Waals surface area contributed by atoms with Crippen molar-refractivity contribution in [3.8, 4) is 0 Å². The maximum Gasteiger partial charge on any atom is 0.328 e. The molecule has 1 aliphatic carbocycles. The van der Waals surface area contributed by atoms with Gasteiger partial charge in [0.25, 0.3) is 5.91 Å². The predicted molar refractivity (Wildman–Crippen MR) is 106 cm³/mol. The van der Waals surface area contributed by atoms with Crippen LogP contribution in [0.2, 0.25) is 0 Å². The summed E-state index contributed by atoms with van der Waals surface area (Å²) in [5.74, 6) is -2.48. The van der Waals surface area contributed by atoms with Gasteiger partial charge < -0.3 is 20.4 Å². The van der Waals surface area contributed by atoms with Gasteiger partial charge in [0.2, 0.25) is 0 Å². The number of hydrogen-bond donors (Lipinski definition) is 3. The monoisotopic (exact) mass is 440 g/mol.